The van der Waals surface area contributed by atoms with Crippen LogP contribution in [0.1, 0.15) is 5.76 Å². The van der Waals surface area contributed by atoms with Gasteiger partial charge in [-0.2, -0.15) is 13.2 Å². The number of benzene rings is 1. The monoisotopic (exact) mass is 485 g/mol. The van der Waals surface area contributed by atoms with Crippen LogP contribution in [0.15, 0.2) is 53.5 Å². The van der Waals surface area contributed by atoms with Crippen LogP contribution >= 0.6 is 11.6 Å². The van der Waals surface area contributed by atoms with Crippen LogP contribution in [0.4, 0.5) is 18.0 Å². The molecule has 1 aliphatic rings. The highest BCUT2D eigenvalue weighted by molar-refractivity contribution is 6.30. The highest BCUT2D eigenvalue weighted by atomic mass is 35.5. The summed E-state index contributed by atoms with van der Waals surface area (Å²) in [7, 11) is 0. The highest BCUT2D eigenvalue weighted by Crippen LogP contribution is 2.25. The van der Waals surface area contributed by atoms with E-state index in [0.29, 0.717) is 29.6 Å². The summed E-state index contributed by atoms with van der Waals surface area (Å²) >= 11 is 5.91. The van der Waals surface area contributed by atoms with E-state index in [9.17, 15) is 22.8 Å². The smallest absolute Gasteiger partial charge is 0.410 e. The molecular weight excluding hydrogens is 463 g/mol. The van der Waals surface area contributed by atoms with Crippen molar-refractivity contribution in [2.24, 2.45) is 0 Å². The topological polar surface area (TPSA) is 75.0 Å². The van der Waals surface area contributed by atoms with E-state index in [0.717, 1.165) is 10.5 Å². The molecule has 0 bridgehead atoms. The van der Waals surface area contributed by atoms with Crippen LogP contribution in [0, 0.1) is 0 Å². The Bertz CT molecular complexity index is 978. The fraction of sp³-hybridized carbons (Fsp3) is 0.364. The van der Waals surface area contributed by atoms with Crippen molar-refractivity contribution >= 4 is 23.6 Å². The van der Waals surface area contributed by atoms with E-state index >= 15 is 0 Å². The van der Waals surface area contributed by atoms with Crippen molar-refractivity contribution in [1.82, 2.24) is 15.1 Å². The van der Waals surface area contributed by atoms with Crippen molar-refractivity contribution in [3.8, 4) is 11.3 Å². The highest BCUT2D eigenvalue weighted by Gasteiger charge is 2.38. The number of ether oxygens (including phenoxy) is 1. The van der Waals surface area contributed by atoms with Gasteiger partial charge in [-0.15, -0.1) is 0 Å². The molecule has 1 fully saturated rings. The molecule has 0 saturated carbocycles. The van der Waals surface area contributed by atoms with Crippen molar-refractivity contribution in [2.75, 3.05) is 32.8 Å². The van der Waals surface area contributed by atoms with Gasteiger partial charge in [0.2, 0.25) is 5.91 Å². The number of halogens is 4. The number of carbonyl (C=O) groups excluding carboxylic acids is 2. The molecule has 178 valence electrons. The van der Waals surface area contributed by atoms with Gasteiger partial charge >= 0.3 is 12.3 Å². The first kappa shape index (κ1) is 24.7. The van der Waals surface area contributed by atoms with Gasteiger partial charge < -0.3 is 14.5 Å². The van der Waals surface area contributed by atoms with Crippen LogP contribution in [-0.2, 0) is 16.1 Å². The largest absolute Gasteiger partial charge is 0.460 e. The van der Waals surface area contributed by atoms with Gasteiger partial charge in [0.15, 0.2) is 0 Å². The molecule has 2 heterocycles. The minimum atomic E-state index is -4.57. The van der Waals surface area contributed by atoms with E-state index in [4.69, 9.17) is 20.8 Å². The fourth-order valence-electron chi connectivity index (χ4n) is 3.40. The van der Waals surface area contributed by atoms with Crippen molar-refractivity contribution < 1.29 is 31.9 Å². The molecule has 1 saturated heterocycles. The van der Waals surface area contributed by atoms with Gasteiger partial charge in [0.1, 0.15) is 30.7 Å². The summed E-state index contributed by atoms with van der Waals surface area (Å²) in [5, 5.41) is 2.46. The molecule has 7 nitrogen and oxygen atoms in total. The second-order valence-electron chi connectivity index (χ2n) is 7.42. The summed E-state index contributed by atoms with van der Waals surface area (Å²) in [4.78, 5) is 27.8. The second-order valence-corrected chi connectivity index (χ2v) is 7.85. The van der Waals surface area contributed by atoms with Gasteiger partial charge in [0.05, 0.1) is 6.54 Å². The number of nitrogens with one attached hydrogen (secondary N) is 1. The molecule has 0 radical (unpaired) electrons. The number of amides is 2. The maximum atomic E-state index is 12.6. The molecule has 1 aromatic carbocycles. The van der Waals surface area contributed by atoms with Gasteiger partial charge in [-0.25, -0.2) is 4.79 Å². The number of nitrogens with zero attached hydrogens (tertiary/aromatic N) is 2. The predicted molar refractivity (Wildman–Crippen MR) is 116 cm³/mol. The lowest BCUT2D eigenvalue weighted by Gasteiger charge is -2.39. The Labute approximate surface area is 193 Å². The van der Waals surface area contributed by atoms with E-state index in [1.165, 1.54) is 6.08 Å². The quantitative estimate of drug-likeness (QED) is 0.598. The number of rotatable bonds is 7. The zero-order valence-corrected chi connectivity index (χ0v) is 18.4. The van der Waals surface area contributed by atoms with Crippen molar-refractivity contribution in [1.29, 1.82) is 0 Å². The molecule has 33 heavy (non-hydrogen) atoms. The third-order valence-electron chi connectivity index (χ3n) is 4.96. The lowest BCUT2D eigenvalue weighted by Crippen LogP contribution is -2.61. The SMILES string of the molecule is C=CCOC(=O)N1CCN(Cc2ccc(-c3ccc(Cl)cc3)o2)C[C@H]1C(=O)NCC(F)(F)F. The number of hydrogen-bond acceptors (Lipinski definition) is 5. The summed E-state index contributed by atoms with van der Waals surface area (Å²) in [6, 6.07) is 9.56. The number of carbonyl (C=O) groups is 2. The van der Waals surface area contributed by atoms with Gasteiger partial charge in [0, 0.05) is 30.2 Å². The third-order valence-corrected chi connectivity index (χ3v) is 5.21. The van der Waals surface area contributed by atoms with Crippen LogP contribution in [0.3, 0.4) is 0 Å². The lowest BCUT2D eigenvalue weighted by atomic mass is 10.1. The molecule has 3 rings (SSSR count). The molecular formula is C22H23ClF3N3O4. The van der Waals surface area contributed by atoms with Crippen LogP contribution < -0.4 is 5.32 Å². The van der Waals surface area contributed by atoms with Gasteiger partial charge in [0.25, 0.3) is 0 Å². The zero-order valence-electron chi connectivity index (χ0n) is 17.6. The minimum absolute atomic E-state index is 0.0177. The molecule has 2 amide bonds. The Balaban J connectivity index is 1.69. The van der Waals surface area contributed by atoms with Crippen LogP contribution in [0.25, 0.3) is 11.3 Å². The summed E-state index contributed by atoms with van der Waals surface area (Å²) in [5.74, 6) is 0.332. The maximum absolute atomic E-state index is 12.6. The van der Waals surface area contributed by atoms with E-state index < -0.39 is 30.8 Å². The third kappa shape index (κ3) is 7.00. The molecule has 2 aromatic rings. The number of alkyl halides is 3. The first-order valence-electron chi connectivity index (χ1n) is 10.1. The Hall–Kier alpha value is -2.98. The molecule has 1 aromatic heterocycles. The molecule has 1 N–H and O–H groups in total. The second kappa shape index (κ2) is 10.8. The van der Waals surface area contributed by atoms with Gasteiger partial charge in [-0.05, 0) is 36.4 Å². The fourth-order valence-corrected chi connectivity index (χ4v) is 3.52. The Morgan fingerprint density at radius 3 is 2.61 bits per heavy atom. The standard InChI is InChI=1S/C22H23ClF3N3O4/c1-2-11-32-21(31)29-10-9-28(13-18(29)20(30)27-14-22(24,25)26)12-17-7-8-19(33-17)15-3-5-16(23)6-4-15/h2-8,18H,1,9-14H2,(H,27,30)/t18-/m0/s1. The average molecular weight is 486 g/mol. The number of hydrogen-bond donors (Lipinski definition) is 1. The normalized spacial score (nSPS) is 17.0. The number of furan rings is 1. The van der Waals surface area contributed by atoms with Crippen LogP contribution in [0.5, 0.6) is 0 Å². The van der Waals surface area contributed by atoms with Crippen LogP contribution in [-0.4, -0.2) is 66.8 Å². The van der Waals surface area contributed by atoms with E-state index in [1.807, 2.05) is 22.3 Å². The molecule has 0 spiro atoms. The van der Waals surface area contributed by atoms with Crippen molar-refractivity contribution in [3.05, 3.63) is 59.8 Å². The molecule has 1 aliphatic heterocycles. The van der Waals surface area contributed by atoms with Gasteiger partial charge in [-0.3, -0.25) is 14.6 Å². The molecule has 11 heteroatoms. The summed E-state index contributed by atoms with van der Waals surface area (Å²) < 4.78 is 48.6. The van der Waals surface area contributed by atoms with E-state index in [2.05, 4.69) is 6.58 Å². The minimum Gasteiger partial charge on any atom is -0.460 e. The van der Waals surface area contributed by atoms with E-state index in [1.54, 1.807) is 24.3 Å². The van der Waals surface area contributed by atoms with Crippen molar-refractivity contribution in [2.45, 2.75) is 18.8 Å². The molecule has 0 aliphatic carbocycles. The van der Waals surface area contributed by atoms with E-state index in [-0.39, 0.29) is 19.7 Å². The summed E-state index contributed by atoms with van der Waals surface area (Å²) in [5.41, 5.74) is 0.838. The number of piperazine rings is 1. The first-order valence-corrected chi connectivity index (χ1v) is 10.5. The zero-order chi connectivity index (χ0) is 24.0. The predicted octanol–water partition coefficient (Wildman–Crippen LogP) is 4.09. The Kier molecular flexibility index (Phi) is 8.04. The van der Waals surface area contributed by atoms with Crippen molar-refractivity contribution in [3.63, 3.8) is 0 Å². The van der Waals surface area contributed by atoms with Gasteiger partial charge in [-0.1, -0.05) is 24.3 Å². The molecule has 1 atom stereocenters. The first-order chi connectivity index (χ1) is 15.7. The Morgan fingerprint density at radius 1 is 1.21 bits per heavy atom. The maximum Gasteiger partial charge on any atom is 0.410 e. The summed E-state index contributed by atoms with van der Waals surface area (Å²) in [6.45, 7) is 2.70. The lowest BCUT2D eigenvalue weighted by molar-refractivity contribution is -0.142. The molecule has 0 unspecified atom stereocenters. The Morgan fingerprint density at radius 2 is 1.94 bits per heavy atom. The summed E-state index contributed by atoms with van der Waals surface area (Å²) in [6.07, 6.45) is -3.99. The average Bonchev–Trinajstić information content (AvgIpc) is 3.24. The van der Waals surface area contributed by atoms with Crippen LogP contribution in [0.2, 0.25) is 5.02 Å².